The van der Waals surface area contributed by atoms with Crippen molar-refractivity contribution in [1.29, 1.82) is 0 Å². The number of benzene rings is 3. The lowest BCUT2D eigenvalue weighted by atomic mass is 9.78. The van der Waals surface area contributed by atoms with Crippen molar-refractivity contribution in [3.05, 3.63) is 99.8 Å². The molecular formula is C27H24BrFN2O. The highest BCUT2D eigenvalue weighted by Gasteiger charge is 2.52. The standard InChI is InChI=1S/C27H24BrFN2O/c28-20-10-11-26-22(16-20)25-17-24(21-8-4-5-9-23(21)29)30-31(25)27(32-26)14-12-19(13-15-27)18-6-2-1-3-7-18/h1-11,16,19,25H,12-15,17H2. The predicted molar refractivity (Wildman–Crippen MR) is 127 cm³/mol. The van der Waals surface area contributed by atoms with Gasteiger partial charge in [0.05, 0.1) is 11.8 Å². The molecule has 0 radical (unpaired) electrons. The first-order chi connectivity index (χ1) is 15.6. The van der Waals surface area contributed by atoms with E-state index < -0.39 is 5.72 Å². The number of nitrogens with zero attached hydrogens (tertiary/aromatic N) is 2. The summed E-state index contributed by atoms with van der Waals surface area (Å²) in [5.41, 5.74) is 3.42. The molecule has 1 unspecified atom stereocenters. The Labute approximate surface area is 196 Å². The molecule has 3 aromatic rings. The predicted octanol–water partition coefficient (Wildman–Crippen LogP) is 7.19. The van der Waals surface area contributed by atoms with Crippen LogP contribution in [0.5, 0.6) is 5.75 Å². The van der Waals surface area contributed by atoms with Crippen molar-refractivity contribution >= 4 is 21.6 Å². The van der Waals surface area contributed by atoms with E-state index in [0.29, 0.717) is 17.9 Å². The maximum atomic E-state index is 14.6. The Morgan fingerprint density at radius 2 is 1.72 bits per heavy atom. The molecule has 1 atom stereocenters. The van der Waals surface area contributed by atoms with Gasteiger partial charge in [0.1, 0.15) is 11.6 Å². The molecule has 3 nitrogen and oxygen atoms in total. The molecule has 2 heterocycles. The van der Waals surface area contributed by atoms with E-state index in [9.17, 15) is 4.39 Å². The molecular weight excluding hydrogens is 467 g/mol. The Kier molecular flexibility index (Phi) is 4.83. The van der Waals surface area contributed by atoms with Crippen molar-refractivity contribution in [2.75, 3.05) is 0 Å². The van der Waals surface area contributed by atoms with Crippen LogP contribution in [0.2, 0.25) is 0 Å². The van der Waals surface area contributed by atoms with Crippen LogP contribution in [-0.2, 0) is 0 Å². The van der Waals surface area contributed by atoms with Gasteiger partial charge in [-0.15, -0.1) is 0 Å². The minimum Gasteiger partial charge on any atom is -0.466 e. The third-order valence-electron chi connectivity index (χ3n) is 7.18. The van der Waals surface area contributed by atoms with Gasteiger partial charge >= 0.3 is 0 Å². The average molecular weight is 491 g/mol. The summed E-state index contributed by atoms with van der Waals surface area (Å²) in [5, 5.41) is 7.17. The SMILES string of the molecule is Fc1ccccc1C1=NN2C(C1)c1cc(Br)ccc1OC21CCC(c2ccccc2)CC1. The maximum absolute atomic E-state index is 14.6. The first kappa shape index (κ1) is 20.0. The average Bonchev–Trinajstić information content (AvgIpc) is 3.28. The molecule has 32 heavy (non-hydrogen) atoms. The second kappa shape index (κ2) is 7.73. The Bertz CT molecular complexity index is 1190. The molecule has 3 aliphatic rings. The van der Waals surface area contributed by atoms with E-state index in [1.807, 2.05) is 18.2 Å². The summed E-state index contributed by atoms with van der Waals surface area (Å²) < 4.78 is 22.4. The second-order valence-electron chi connectivity index (χ2n) is 9.01. The summed E-state index contributed by atoms with van der Waals surface area (Å²) in [7, 11) is 0. The van der Waals surface area contributed by atoms with Crippen LogP contribution < -0.4 is 4.74 Å². The van der Waals surface area contributed by atoms with Gasteiger partial charge in [-0.1, -0.05) is 64.5 Å². The molecule has 1 fully saturated rings. The molecule has 3 aromatic carbocycles. The van der Waals surface area contributed by atoms with Crippen molar-refractivity contribution in [3.8, 4) is 5.75 Å². The van der Waals surface area contributed by atoms with Crippen molar-refractivity contribution < 1.29 is 9.13 Å². The molecule has 0 saturated heterocycles. The normalized spacial score (nSPS) is 26.3. The van der Waals surface area contributed by atoms with Crippen LogP contribution in [0.3, 0.4) is 0 Å². The molecule has 162 valence electrons. The Hall–Kier alpha value is -2.66. The molecule has 5 heteroatoms. The van der Waals surface area contributed by atoms with E-state index in [1.54, 1.807) is 6.07 Å². The van der Waals surface area contributed by atoms with E-state index >= 15 is 0 Å². The number of fused-ring (bicyclic) bond motifs is 4. The molecule has 1 aliphatic carbocycles. The number of hydrogen-bond acceptors (Lipinski definition) is 3. The molecule has 0 aromatic heterocycles. The Morgan fingerprint density at radius 1 is 0.969 bits per heavy atom. The third-order valence-corrected chi connectivity index (χ3v) is 7.67. The lowest BCUT2D eigenvalue weighted by Crippen LogP contribution is -2.55. The van der Waals surface area contributed by atoms with Gasteiger partial charge in [-0.2, -0.15) is 5.10 Å². The van der Waals surface area contributed by atoms with Crippen LogP contribution in [0.15, 0.2) is 82.4 Å². The number of ether oxygens (including phenoxy) is 1. The zero-order valence-corrected chi connectivity index (χ0v) is 19.3. The minimum atomic E-state index is -0.482. The van der Waals surface area contributed by atoms with Crippen LogP contribution >= 0.6 is 15.9 Å². The first-order valence-electron chi connectivity index (χ1n) is 11.3. The van der Waals surface area contributed by atoms with Crippen LogP contribution in [-0.4, -0.2) is 16.4 Å². The summed E-state index contributed by atoms with van der Waals surface area (Å²) in [4.78, 5) is 0. The molecule has 0 N–H and O–H groups in total. The monoisotopic (exact) mass is 490 g/mol. The lowest BCUT2D eigenvalue weighted by molar-refractivity contribution is -0.142. The largest absolute Gasteiger partial charge is 0.466 e. The molecule has 0 bridgehead atoms. The summed E-state index contributed by atoms with van der Waals surface area (Å²) in [6.07, 6.45) is 4.56. The highest BCUT2D eigenvalue weighted by molar-refractivity contribution is 9.10. The fourth-order valence-electron chi connectivity index (χ4n) is 5.57. The topological polar surface area (TPSA) is 24.8 Å². The molecule has 0 amide bonds. The highest BCUT2D eigenvalue weighted by Crippen LogP contribution is 2.53. The van der Waals surface area contributed by atoms with Gasteiger partial charge in [0.25, 0.3) is 0 Å². The molecule has 2 aliphatic heterocycles. The smallest absolute Gasteiger partial charge is 0.198 e. The van der Waals surface area contributed by atoms with Gasteiger partial charge in [-0.05, 0) is 48.6 Å². The minimum absolute atomic E-state index is 0.0548. The second-order valence-corrected chi connectivity index (χ2v) is 9.92. The fourth-order valence-corrected chi connectivity index (χ4v) is 5.95. The number of hydrogen-bond donors (Lipinski definition) is 0. The van der Waals surface area contributed by atoms with E-state index in [2.05, 4.69) is 63.4 Å². The first-order valence-corrected chi connectivity index (χ1v) is 12.1. The highest BCUT2D eigenvalue weighted by atomic mass is 79.9. The van der Waals surface area contributed by atoms with Crippen molar-refractivity contribution in [3.63, 3.8) is 0 Å². The lowest BCUT2D eigenvalue weighted by Gasteiger charge is -2.50. The molecule has 6 rings (SSSR count). The van der Waals surface area contributed by atoms with Crippen molar-refractivity contribution in [2.45, 2.75) is 49.8 Å². The van der Waals surface area contributed by atoms with E-state index in [0.717, 1.165) is 47.2 Å². The third kappa shape index (κ3) is 3.25. The molecule has 1 spiro atoms. The summed E-state index contributed by atoms with van der Waals surface area (Å²) in [6.45, 7) is 0. The Balaban J connectivity index is 1.38. The van der Waals surface area contributed by atoms with E-state index in [-0.39, 0.29) is 11.9 Å². The van der Waals surface area contributed by atoms with Crippen molar-refractivity contribution in [1.82, 2.24) is 5.01 Å². The van der Waals surface area contributed by atoms with Gasteiger partial charge in [0, 0.05) is 34.9 Å². The molecule has 1 saturated carbocycles. The van der Waals surface area contributed by atoms with Gasteiger partial charge in [-0.25, -0.2) is 9.40 Å². The zero-order valence-electron chi connectivity index (χ0n) is 17.7. The van der Waals surface area contributed by atoms with Crippen molar-refractivity contribution in [2.24, 2.45) is 5.10 Å². The Morgan fingerprint density at radius 3 is 2.50 bits per heavy atom. The summed E-state index contributed by atoms with van der Waals surface area (Å²) >= 11 is 3.61. The summed E-state index contributed by atoms with van der Waals surface area (Å²) in [6, 6.07) is 24.0. The van der Waals surface area contributed by atoms with Gasteiger partial charge < -0.3 is 4.74 Å². The van der Waals surface area contributed by atoms with Crippen LogP contribution in [0.1, 0.15) is 60.8 Å². The van der Waals surface area contributed by atoms with Gasteiger partial charge in [-0.3, -0.25) is 0 Å². The van der Waals surface area contributed by atoms with E-state index in [1.165, 1.54) is 11.6 Å². The van der Waals surface area contributed by atoms with E-state index in [4.69, 9.17) is 9.84 Å². The maximum Gasteiger partial charge on any atom is 0.198 e. The van der Waals surface area contributed by atoms with Gasteiger partial charge in [0.2, 0.25) is 0 Å². The van der Waals surface area contributed by atoms with Crippen LogP contribution in [0, 0.1) is 5.82 Å². The summed E-state index contributed by atoms with van der Waals surface area (Å²) in [5.74, 6) is 1.24. The fraction of sp³-hybridized carbons (Fsp3) is 0.296. The number of hydrazone groups is 1. The number of halogens is 2. The van der Waals surface area contributed by atoms with Crippen LogP contribution in [0.25, 0.3) is 0 Å². The number of rotatable bonds is 2. The zero-order chi connectivity index (χ0) is 21.7. The van der Waals surface area contributed by atoms with Gasteiger partial charge in [0.15, 0.2) is 5.72 Å². The quantitative estimate of drug-likeness (QED) is 0.379. The van der Waals surface area contributed by atoms with Crippen LogP contribution in [0.4, 0.5) is 4.39 Å².